The second kappa shape index (κ2) is 7.33. The monoisotopic (exact) mass is 348 g/mol. The predicted octanol–water partition coefficient (Wildman–Crippen LogP) is 0.936. The Kier molecular flexibility index (Phi) is 5.41. The maximum atomic E-state index is 12.6. The van der Waals surface area contributed by atoms with Gasteiger partial charge in [-0.2, -0.15) is 0 Å². The van der Waals surface area contributed by atoms with Gasteiger partial charge >= 0.3 is 5.97 Å². The smallest absolute Gasteiger partial charge is 0.305 e. The number of likely N-dealkylation sites (N-methyl/N-ethyl adjacent to an activating group) is 1. The van der Waals surface area contributed by atoms with Gasteiger partial charge in [-0.3, -0.25) is 24.1 Å². The Labute approximate surface area is 145 Å². The van der Waals surface area contributed by atoms with Crippen molar-refractivity contribution in [1.82, 2.24) is 4.90 Å². The molecule has 1 atom stereocenters. The molecular formula is C17H20N2O6. The molecule has 2 amide bonds. The molecule has 8 heteroatoms. The molecule has 0 saturated heterocycles. The molecule has 1 aliphatic rings. The zero-order chi connectivity index (χ0) is 18.7. The van der Waals surface area contributed by atoms with Gasteiger partial charge in [0.1, 0.15) is 11.8 Å². The molecule has 0 radical (unpaired) electrons. The van der Waals surface area contributed by atoms with Crippen LogP contribution in [-0.4, -0.2) is 59.8 Å². The predicted molar refractivity (Wildman–Crippen MR) is 88.8 cm³/mol. The average Bonchev–Trinajstić information content (AvgIpc) is 2.57. The van der Waals surface area contributed by atoms with Crippen molar-refractivity contribution in [1.29, 1.82) is 0 Å². The van der Waals surface area contributed by atoms with Crippen LogP contribution in [0.2, 0.25) is 0 Å². The van der Waals surface area contributed by atoms with Gasteiger partial charge in [0.25, 0.3) is 5.91 Å². The van der Waals surface area contributed by atoms with Crippen LogP contribution in [0.25, 0.3) is 0 Å². The number of carbonyl (C=O) groups excluding carboxylic acids is 3. The number of carboxylic acids is 1. The molecule has 8 nitrogen and oxygen atoms in total. The van der Waals surface area contributed by atoms with E-state index in [1.165, 1.54) is 29.8 Å². The largest absolute Gasteiger partial charge is 0.482 e. The zero-order valence-electron chi connectivity index (χ0n) is 14.3. The lowest BCUT2D eigenvalue weighted by Gasteiger charge is -2.35. The molecule has 1 unspecified atom stereocenters. The van der Waals surface area contributed by atoms with Crippen LogP contribution in [0.1, 0.15) is 30.6 Å². The van der Waals surface area contributed by atoms with Crippen molar-refractivity contribution in [3.05, 3.63) is 23.8 Å². The molecule has 1 aromatic rings. The quantitative estimate of drug-likeness (QED) is 0.767. The summed E-state index contributed by atoms with van der Waals surface area (Å²) >= 11 is 0. The highest BCUT2D eigenvalue weighted by Gasteiger charge is 2.34. The molecule has 2 rings (SSSR count). The standard InChI is InChI=1S/C17H20N2O6/c1-10(17(24)18(3)7-6-16(22)23)19-13-8-12(11(2)20)4-5-14(13)25-9-15(19)21/h4-5,8,10H,6-7,9H2,1-3H3,(H,22,23). The first kappa shape index (κ1) is 18.4. The number of carbonyl (C=O) groups is 4. The molecule has 1 heterocycles. The second-order valence-electron chi connectivity index (χ2n) is 5.87. The molecule has 0 bridgehead atoms. The van der Waals surface area contributed by atoms with Gasteiger partial charge in [0.05, 0.1) is 12.1 Å². The average molecular weight is 348 g/mol. The van der Waals surface area contributed by atoms with Crippen LogP contribution in [0.15, 0.2) is 18.2 Å². The number of ether oxygens (including phenoxy) is 1. The second-order valence-corrected chi connectivity index (χ2v) is 5.87. The molecule has 25 heavy (non-hydrogen) atoms. The summed E-state index contributed by atoms with van der Waals surface area (Å²) in [4.78, 5) is 49.7. The van der Waals surface area contributed by atoms with Crippen LogP contribution in [0.4, 0.5) is 5.69 Å². The highest BCUT2D eigenvalue weighted by molar-refractivity contribution is 6.05. The van der Waals surface area contributed by atoms with Crippen molar-refractivity contribution in [2.24, 2.45) is 0 Å². The summed E-state index contributed by atoms with van der Waals surface area (Å²) in [6, 6.07) is 3.86. The number of Topliss-reactive ketones (excluding diaryl/α,β-unsaturated/α-hetero) is 1. The Morgan fingerprint density at radius 2 is 2.04 bits per heavy atom. The normalized spacial score (nSPS) is 14.4. The van der Waals surface area contributed by atoms with Crippen LogP contribution >= 0.6 is 0 Å². The summed E-state index contributed by atoms with van der Waals surface area (Å²) in [5, 5.41) is 8.74. The number of fused-ring (bicyclic) bond motifs is 1. The fraction of sp³-hybridized carbons (Fsp3) is 0.412. The van der Waals surface area contributed by atoms with Gasteiger partial charge < -0.3 is 14.7 Å². The van der Waals surface area contributed by atoms with Crippen LogP contribution in [-0.2, 0) is 14.4 Å². The van der Waals surface area contributed by atoms with E-state index in [0.717, 1.165) is 0 Å². The SMILES string of the molecule is CC(=O)c1ccc2c(c1)N(C(C)C(=O)N(C)CCC(=O)O)C(=O)CO2. The fourth-order valence-corrected chi connectivity index (χ4v) is 2.62. The number of nitrogens with zero attached hydrogens (tertiary/aromatic N) is 2. The van der Waals surface area contributed by atoms with Crippen molar-refractivity contribution in [2.75, 3.05) is 25.1 Å². The molecule has 0 fully saturated rings. The van der Waals surface area contributed by atoms with E-state index in [2.05, 4.69) is 0 Å². The molecule has 134 valence electrons. The van der Waals surface area contributed by atoms with E-state index < -0.39 is 23.8 Å². The van der Waals surface area contributed by atoms with Crippen LogP contribution in [0.5, 0.6) is 5.75 Å². The number of hydrogen-bond donors (Lipinski definition) is 1. The number of rotatable bonds is 6. The third-order valence-corrected chi connectivity index (χ3v) is 4.03. The van der Waals surface area contributed by atoms with E-state index in [1.54, 1.807) is 19.1 Å². The first-order chi connectivity index (χ1) is 11.7. The molecule has 0 aromatic heterocycles. The Morgan fingerprint density at radius 1 is 1.36 bits per heavy atom. The van der Waals surface area contributed by atoms with Gasteiger partial charge in [-0.05, 0) is 32.0 Å². The summed E-state index contributed by atoms with van der Waals surface area (Å²) in [6.45, 7) is 2.80. The number of ketones is 1. The van der Waals surface area contributed by atoms with Gasteiger partial charge in [-0.15, -0.1) is 0 Å². The van der Waals surface area contributed by atoms with E-state index in [0.29, 0.717) is 17.0 Å². The summed E-state index contributed by atoms with van der Waals surface area (Å²) in [7, 11) is 1.49. The lowest BCUT2D eigenvalue weighted by atomic mass is 10.1. The first-order valence-electron chi connectivity index (χ1n) is 7.79. The minimum Gasteiger partial charge on any atom is -0.482 e. The van der Waals surface area contributed by atoms with Gasteiger partial charge in [0, 0.05) is 19.2 Å². The van der Waals surface area contributed by atoms with Crippen LogP contribution in [0.3, 0.4) is 0 Å². The molecule has 0 aliphatic carbocycles. The van der Waals surface area contributed by atoms with Gasteiger partial charge in [-0.1, -0.05) is 0 Å². The third-order valence-electron chi connectivity index (χ3n) is 4.03. The van der Waals surface area contributed by atoms with E-state index in [1.807, 2.05) is 0 Å². The molecule has 0 saturated carbocycles. The van der Waals surface area contributed by atoms with Crippen LogP contribution < -0.4 is 9.64 Å². The van der Waals surface area contributed by atoms with Crippen molar-refractivity contribution in [3.63, 3.8) is 0 Å². The minimum absolute atomic E-state index is 0.0391. The van der Waals surface area contributed by atoms with E-state index in [4.69, 9.17) is 9.84 Å². The zero-order valence-corrected chi connectivity index (χ0v) is 14.3. The fourth-order valence-electron chi connectivity index (χ4n) is 2.62. The maximum absolute atomic E-state index is 12.6. The van der Waals surface area contributed by atoms with Crippen molar-refractivity contribution in [2.45, 2.75) is 26.3 Å². The molecule has 1 N–H and O–H groups in total. The van der Waals surface area contributed by atoms with E-state index in [-0.39, 0.29) is 25.4 Å². The Bertz CT molecular complexity index is 730. The lowest BCUT2D eigenvalue weighted by molar-refractivity contribution is -0.139. The molecule has 1 aromatic carbocycles. The highest BCUT2D eigenvalue weighted by atomic mass is 16.5. The number of aliphatic carboxylic acids is 1. The van der Waals surface area contributed by atoms with E-state index in [9.17, 15) is 19.2 Å². The number of benzene rings is 1. The van der Waals surface area contributed by atoms with Crippen molar-refractivity contribution in [3.8, 4) is 5.75 Å². The topological polar surface area (TPSA) is 104 Å². The number of hydrogen-bond acceptors (Lipinski definition) is 5. The summed E-state index contributed by atoms with van der Waals surface area (Å²) < 4.78 is 5.36. The van der Waals surface area contributed by atoms with E-state index >= 15 is 0 Å². The summed E-state index contributed by atoms with van der Waals surface area (Å²) in [5.41, 5.74) is 0.761. The molecule has 1 aliphatic heterocycles. The summed E-state index contributed by atoms with van der Waals surface area (Å²) in [6.07, 6.45) is -0.183. The van der Waals surface area contributed by atoms with Crippen molar-refractivity contribution < 1.29 is 29.0 Å². The highest BCUT2D eigenvalue weighted by Crippen LogP contribution is 2.34. The van der Waals surface area contributed by atoms with Gasteiger partial charge in [0.15, 0.2) is 12.4 Å². The van der Waals surface area contributed by atoms with Crippen LogP contribution in [0, 0.1) is 0 Å². The Morgan fingerprint density at radius 3 is 2.64 bits per heavy atom. The summed E-state index contributed by atoms with van der Waals surface area (Å²) in [5.74, 6) is -1.56. The maximum Gasteiger partial charge on any atom is 0.305 e. The molecular weight excluding hydrogens is 328 g/mol. The van der Waals surface area contributed by atoms with Crippen molar-refractivity contribution >= 4 is 29.3 Å². The van der Waals surface area contributed by atoms with Gasteiger partial charge in [-0.25, -0.2) is 0 Å². The molecule has 0 spiro atoms. The Balaban J connectivity index is 2.30. The van der Waals surface area contributed by atoms with Gasteiger partial charge in [0.2, 0.25) is 5.91 Å². The number of amides is 2. The third kappa shape index (κ3) is 3.96. The Hall–Kier alpha value is -2.90. The minimum atomic E-state index is -1.01. The lowest BCUT2D eigenvalue weighted by Crippen LogP contribution is -2.52. The number of carboxylic acid groups (broad SMARTS) is 1. The first-order valence-corrected chi connectivity index (χ1v) is 7.79. The number of anilines is 1.